The first-order valence-corrected chi connectivity index (χ1v) is 31.9. The van der Waals surface area contributed by atoms with Gasteiger partial charge in [0.15, 0.2) is 11.7 Å². The second-order valence-corrected chi connectivity index (χ2v) is 25.5. The van der Waals surface area contributed by atoms with E-state index >= 15 is 8.78 Å². The summed E-state index contributed by atoms with van der Waals surface area (Å²) in [5.74, 6) is 0.838. The van der Waals surface area contributed by atoms with Crippen molar-refractivity contribution in [2.45, 2.75) is 207 Å². The first-order valence-electron chi connectivity index (χ1n) is 31.9. The number of ether oxygens (including phenoxy) is 2. The zero-order chi connectivity index (χ0) is 65.2. The predicted molar refractivity (Wildman–Crippen MR) is 350 cm³/mol. The number of rotatable bonds is 20. The third-order valence-electron chi connectivity index (χ3n) is 18.3. The van der Waals surface area contributed by atoms with Gasteiger partial charge in [0.1, 0.15) is 24.3 Å². The van der Waals surface area contributed by atoms with Gasteiger partial charge in [-0.05, 0) is 151 Å². The van der Waals surface area contributed by atoms with E-state index in [1.165, 1.54) is 24.8 Å². The van der Waals surface area contributed by atoms with Crippen molar-refractivity contribution in [3.05, 3.63) is 180 Å². The summed E-state index contributed by atoms with van der Waals surface area (Å²) in [4.78, 5) is 61.0. The van der Waals surface area contributed by atoms with Crippen LogP contribution in [-0.2, 0) is 40.0 Å². The Morgan fingerprint density at radius 1 is 0.638 bits per heavy atom. The Bertz CT molecular complexity index is 4320. The Balaban J connectivity index is 0.000000217. The van der Waals surface area contributed by atoms with Crippen LogP contribution in [0.3, 0.4) is 0 Å². The number of nitrogens with zero attached hydrogens (tertiary/aromatic N) is 10. The zero-order valence-corrected chi connectivity index (χ0v) is 57.3. The summed E-state index contributed by atoms with van der Waals surface area (Å²) in [6, 6.07) is 24.4. The van der Waals surface area contributed by atoms with Crippen LogP contribution in [0.1, 0.15) is 178 Å². The van der Waals surface area contributed by atoms with E-state index in [0.717, 1.165) is 49.9 Å². The number of H-pyrrole nitrogens is 2. The van der Waals surface area contributed by atoms with Gasteiger partial charge in [-0.25, -0.2) is 43.0 Å². The smallest absolute Gasteiger partial charge is 0.388 e. The predicted octanol–water partition coefficient (Wildman–Crippen LogP) is 7.08. The van der Waals surface area contributed by atoms with E-state index in [2.05, 4.69) is 45.8 Å². The first-order chi connectivity index (χ1) is 44.1. The van der Waals surface area contributed by atoms with E-state index < -0.39 is 34.9 Å². The average Bonchev–Trinajstić information content (AvgIpc) is 1.40. The topological polar surface area (TPSA) is 279 Å². The fraction of sp³-hybridized carbons (Fsp3) is 0.464. The maximum Gasteiger partial charge on any atom is 1.00 e. The van der Waals surface area contributed by atoms with E-state index in [-0.39, 0.29) is 119 Å². The number of aliphatic imine (C=N–C) groups is 1. The van der Waals surface area contributed by atoms with Crippen molar-refractivity contribution in [2.24, 2.45) is 4.99 Å². The van der Waals surface area contributed by atoms with Crippen LogP contribution in [0.4, 0.5) is 8.78 Å². The molecule has 3 unspecified atom stereocenters. The standard InChI is InChI=1S/C34H40FN7O4.C34H41FN6O5.CH4.K/c1-5-8-29-27(17-22-12-11-21(18-28(22)35)25-9-6-7-10-26(25)30-38-32(44)40-39-30)31(43)41(33-36-19-37-42(29)33)23-13-15-24(16-14-23)46-20(2)34(3,4)45;1-5-8-29-27(17-22-12-11-21(18-28(22)35)25-9-6-7-10-26(25)30-38-33(43)46-39-30)31(42)40(32-36-19-37-41(29)32)23-13-15-24(16-14-23)45-20(2)34(3,4)44;;/h6-7,9-12,18-20,23-24,45H,5,8,13-17H2,1-4H3,(H2,38,39,40,44);6-7,9-12,18-20,23-24,33,43-44H,5,8,13-17H2,1-4H3,(H,38,39);1H4;/q;;;+1. The van der Waals surface area contributed by atoms with Crippen LogP contribution in [-0.4, -0.2) is 117 Å². The Morgan fingerprint density at radius 3 is 1.45 bits per heavy atom. The fourth-order valence-electron chi connectivity index (χ4n) is 12.7. The molecule has 0 saturated heterocycles. The van der Waals surface area contributed by atoms with Gasteiger partial charge < -0.3 is 24.8 Å². The number of aromatic amines is 2. The van der Waals surface area contributed by atoms with Crippen LogP contribution in [0.25, 0.3) is 45.2 Å². The fourth-order valence-corrected chi connectivity index (χ4v) is 12.7. The van der Waals surface area contributed by atoms with Crippen molar-refractivity contribution >= 4 is 17.4 Å². The first kappa shape index (κ1) is 71.5. The molecular formula is C69H85F2KN13O9+. The number of fused-ring (bicyclic) bond motifs is 2. The number of hydrogen-bond donors (Lipinski definition) is 6. The molecule has 2 saturated carbocycles. The summed E-state index contributed by atoms with van der Waals surface area (Å²) in [6.07, 6.45) is 9.75. The Hall–Kier alpha value is -6.75. The second-order valence-electron chi connectivity index (χ2n) is 25.5. The summed E-state index contributed by atoms with van der Waals surface area (Å²) in [7, 11) is 0. The number of aryl methyl sites for hydroxylation is 2. The van der Waals surface area contributed by atoms with Gasteiger partial charge in [-0.3, -0.25) is 23.7 Å². The summed E-state index contributed by atoms with van der Waals surface area (Å²) in [5.41, 5.74) is 7.25. The zero-order valence-electron chi connectivity index (χ0n) is 54.2. The molecule has 1 aliphatic heterocycles. The monoisotopic (exact) mass is 1320 g/mol. The van der Waals surface area contributed by atoms with Crippen LogP contribution in [0, 0.1) is 11.6 Å². The number of hydroxylamine groups is 1. The van der Waals surface area contributed by atoms with Crippen LogP contribution in [0.15, 0.2) is 117 Å². The molecule has 6 N–H and O–H groups in total. The molecule has 94 heavy (non-hydrogen) atoms. The molecule has 3 aliphatic rings. The van der Waals surface area contributed by atoms with E-state index in [9.17, 15) is 29.7 Å². The van der Waals surface area contributed by atoms with Crippen molar-refractivity contribution in [3.8, 4) is 33.6 Å². The number of amidine groups is 1. The maximum absolute atomic E-state index is 15.9. The summed E-state index contributed by atoms with van der Waals surface area (Å²) >= 11 is 0. The van der Waals surface area contributed by atoms with Gasteiger partial charge in [-0.2, -0.15) is 25.3 Å². The maximum atomic E-state index is 15.9. The van der Waals surface area contributed by atoms with Crippen molar-refractivity contribution in [1.29, 1.82) is 0 Å². The molecule has 494 valence electrons. The number of aliphatic hydroxyl groups excluding tert-OH is 1. The van der Waals surface area contributed by atoms with E-state index in [1.807, 2.05) is 88.4 Å². The molecule has 0 bridgehead atoms. The number of halogens is 2. The molecule has 5 aromatic heterocycles. The largest absolute Gasteiger partial charge is 1.00 e. The van der Waals surface area contributed by atoms with Crippen molar-refractivity contribution in [2.75, 3.05) is 0 Å². The van der Waals surface area contributed by atoms with E-state index in [0.29, 0.717) is 117 Å². The van der Waals surface area contributed by atoms with Crippen LogP contribution in [0.2, 0.25) is 0 Å². The number of aliphatic hydroxyl groups is 3. The molecule has 25 heteroatoms. The average molecular weight is 1320 g/mol. The molecule has 9 aromatic rings. The van der Waals surface area contributed by atoms with Gasteiger partial charge in [0, 0.05) is 47.2 Å². The number of aromatic nitrogens is 11. The summed E-state index contributed by atoms with van der Waals surface area (Å²) < 4.78 is 51.1. The van der Waals surface area contributed by atoms with Gasteiger partial charge in [-0.1, -0.05) is 107 Å². The molecule has 0 amide bonds. The molecule has 2 aliphatic carbocycles. The second kappa shape index (κ2) is 30.5. The molecule has 22 nitrogen and oxygen atoms in total. The Morgan fingerprint density at radius 2 is 1.06 bits per heavy atom. The molecule has 12 rings (SSSR count). The van der Waals surface area contributed by atoms with Gasteiger partial charge in [-0.15, -0.1) is 0 Å². The molecule has 0 radical (unpaired) electrons. The van der Waals surface area contributed by atoms with E-state index in [1.54, 1.807) is 58.0 Å². The van der Waals surface area contributed by atoms with E-state index in [4.69, 9.17) is 14.3 Å². The normalized spacial score (nSPS) is 19.0. The van der Waals surface area contributed by atoms with Crippen molar-refractivity contribution in [1.82, 2.24) is 59.0 Å². The SMILES string of the molecule is C.CCCc1c(Cc2ccc(-c3ccccc3-c3n[nH]c(=O)[nH]3)cc2F)c(=O)n(C2CCC(OC(C)C(C)(C)O)CC2)c2ncnn12.CCCc1c(Cc2ccc(-c3ccccc3C3=NC(O)ON3)cc2F)c(=O)n(C2CCC(OC(C)C(C)(C)O)CC2)c2ncnn12.[K+]. The van der Waals surface area contributed by atoms with Gasteiger partial charge in [0.2, 0.25) is 11.6 Å². The summed E-state index contributed by atoms with van der Waals surface area (Å²) in [5, 5.41) is 45.7. The molecule has 3 atom stereocenters. The molecular weight excluding hydrogens is 1230 g/mol. The third kappa shape index (κ3) is 15.6. The molecule has 0 spiro atoms. The summed E-state index contributed by atoms with van der Waals surface area (Å²) in [6.45, 7) is 14.8. The van der Waals surface area contributed by atoms with Crippen LogP contribution >= 0.6 is 0 Å². The minimum absolute atomic E-state index is 0. The van der Waals surface area contributed by atoms with Gasteiger partial charge in [0.05, 0.1) is 47.0 Å². The van der Waals surface area contributed by atoms with Gasteiger partial charge >= 0.3 is 57.1 Å². The molecule has 2 fully saturated rings. The Labute approximate surface area is 586 Å². The number of hydrogen-bond acceptors (Lipinski definition) is 16. The minimum atomic E-state index is -1.31. The third-order valence-corrected chi connectivity index (χ3v) is 18.3. The number of nitrogens with one attached hydrogen (secondary N) is 3. The molecule has 4 aromatic carbocycles. The molecule has 6 heterocycles. The van der Waals surface area contributed by atoms with Crippen LogP contribution in [0.5, 0.6) is 0 Å². The quantitative estimate of drug-likeness (QED) is 0.0416. The number of benzene rings is 4. The van der Waals surface area contributed by atoms with Crippen molar-refractivity contribution in [3.63, 3.8) is 0 Å². The minimum Gasteiger partial charge on any atom is -0.388 e. The Kier molecular flexibility index (Phi) is 23.2. The van der Waals surface area contributed by atoms with Crippen LogP contribution < -0.4 is 73.7 Å². The van der Waals surface area contributed by atoms with Crippen molar-refractivity contribution < 1.29 is 89.8 Å². The van der Waals surface area contributed by atoms with Gasteiger partial charge in [0.25, 0.3) is 17.5 Å².